The Bertz CT molecular complexity index is 638. The van der Waals surface area contributed by atoms with Gasteiger partial charge in [0.05, 0.1) is 0 Å². The van der Waals surface area contributed by atoms with Crippen LogP contribution in [0.25, 0.3) is 0 Å². The van der Waals surface area contributed by atoms with Crippen molar-refractivity contribution in [3.63, 3.8) is 0 Å². The molecule has 3 N–H and O–H groups in total. The molecule has 2 aliphatic rings. The molecule has 0 aliphatic heterocycles. The molecule has 0 heterocycles. The minimum atomic E-state index is -0.140. The Morgan fingerprint density at radius 1 is 1.08 bits per heavy atom. The maximum Gasteiger partial charge on any atom is 0.315 e. The molecular weight excluding hydrogens is 314 g/mol. The second-order valence-electron chi connectivity index (χ2n) is 7.03. The van der Waals surface area contributed by atoms with E-state index >= 15 is 0 Å². The highest BCUT2D eigenvalue weighted by atomic mass is 16.2. The first-order chi connectivity index (χ1) is 12.2. The number of hydrogen-bond donors (Lipinski definition) is 3. The predicted octanol–water partition coefficient (Wildman–Crippen LogP) is 3.58. The van der Waals surface area contributed by atoms with E-state index < -0.39 is 0 Å². The molecule has 1 atom stereocenters. The zero-order valence-corrected chi connectivity index (χ0v) is 14.6. The van der Waals surface area contributed by atoms with Crippen LogP contribution in [0.15, 0.2) is 36.4 Å². The summed E-state index contributed by atoms with van der Waals surface area (Å²) in [5, 5.41) is 8.80. The first kappa shape index (κ1) is 17.5. The van der Waals surface area contributed by atoms with Gasteiger partial charge in [-0.15, -0.1) is 0 Å². The summed E-state index contributed by atoms with van der Waals surface area (Å²) in [6.45, 7) is 1.16. The SMILES string of the molecule is O=C(NCc1cccc(NC(=O)C2CCC2)c1)NC[C@@H]1CC=CCC1. The first-order valence-electron chi connectivity index (χ1n) is 9.27. The topological polar surface area (TPSA) is 70.2 Å². The Morgan fingerprint density at radius 3 is 2.68 bits per heavy atom. The predicted molar refractivity (Wildman–Crippen MR) is 99.1 cm³/mol. The van der Waals surface area contributed by atoms with Gasteiger partial charge in [0.2, 0.25) is 5.91 Å². The number of nitrogens with one attached hydrogen (secondary N) is 3. The van der Waals surface area contributed by atoms with Crippen LogP contribution in [0.2, 0.25) is 0 Å². The quantitative estimate of drug-likeness (QED) is 0.692. The number of benzene rings is 1. The number of rotatable bonds is 6. The van der Waals surface area contributed by atoms with E-state index in [1.54, 1.807) is 0 Å². The standard InChI is InChI=1S/C20H27N3O2/c24-19(17-9-5-10-17)23-18-11-4-8-16(12-18)14-22-20(25)21-13-15-6-2-1-3-7-15/h1-2,4,8,11-12,15,17H,3,5-7,9-10,13-14H2,(H,23,24)(H2,21,22,25)/t15-/m1/s1. The number of amides is 3. The molecule has 1 aromatic carbocycles. The molecule has 0 radical (unpaired) electrons. The second kappa shape index (κ2) is 8.70. The molecule has 2 aliphatic carbocycles. The molecular formula is C20H27N3O2. The van der Waals surface area contributed by atoms with E-state index in [0.717, 1.165) is 49.8 Å². The highest BCUT2D eigenvalue weighted by Gasteiger charge is 2.25. The Hall–Kier alpha value is -2.30. The van der Waals surface area contributed by atoms with Crippen LogP contribution in [0.5, 0.6) is 0 Å². The van der Waals surface area contributed by atoms with Crippen LogP contribution in [0.4, 0.5) is 10.5 Å². The summed E-state index contributed by atoms with van der Waals surface area (Å²) in [7, 11) is 0. The number of hydrogen-bond acceptors (Lipinski definition) is 2. The van der Waals surface area contributed by atoms with Gasteiger partial charge in [0.25, 0.3) is 0 Å². The third-order valence-corrected chi connectivity index (χ3v) is 5.05. The molecule has 0 bridgehead atoms. The largest absolute Gasteiger partial charge is 0.338 e. The summed E-state index contributed by atoms with van der Waals surface area (Å²) in [4.78, 5) is 24.0. The smallest absolute Gasteiger partial charge is 0.315 e. The van der Waals surface area contributed by atoms with Crippen molar-refractivity contribution in [2.75, 3.05) is 11.9 Å². The minimum Gasteiger partial charge on any atom is -0.338 e. The van der Waals surface area contributed by atoms with Crippen molar-refractivity contribution in [1.29, 1.82) is 0 Å². The lowest BCUT2D eigenvalue weighted by atomic mass is 9.85. The van der Waals surface area contributed by atoms with E-state index in [0.29, 0.717) is 19.0 Å². The summed E-state index contributed by atoms with van der Waals surface area (Å²) in [5.41, 5.74) is 1.77. The highest BCUT2D eigenvalue weighted by molar-refractivity contribution is 5.93. The summed E-state index contributed by atoms with van der Waals surface area (Å²) >= 11 is 0. The van der Waals surface area contributed by atoms with Gasteiger partial charge in [-0.3, -0.25) is 4.79 Å². The number of carbonyl (C=O) groups excluding carboxylic acids is 2. The van der Waals surface area contributed by atoms with Crippen LogP contribution >= 0.6 is 0 Å². The molecule has 134 valence electrons. The molecule has 1 fully saturated rings. The Balaban J connectivity index is 1.41. The molecule has 5 heteroatoms. The van der Waals surface area contributed by atoms with E-state index in [2.05, 4.69) is 28.1 Å². The molecule has 1 aromatic rings. The van der Waals surface area contributed by atoms with Crippen molar-refractivity contribution in [3.05, 3.63) is 42.0 Å². The highest BCUT2D eigenvalue weighted by Crippen LogP contribution is 2.27. The number of anilines is 1. The summed E-state index contributed by atoms with van der Waals surface area (Å²) < 4.78 is 0. The minimum absolute atomic E-state index is 0.107. The molecule has 0 saturated heterocycles. The normalized spacial score (nSPS) is 19.8. The number of allylic oxidation sites excluding steroid dienone is 2. The summed E-state index contributed by atoms with van der Waals surface area (Å²) in [6.07, 6.45) is 10.8. The fraction of sp³-hybridized carbons (Fsp3) is 0.500. The van der Waals surface area contributed by atoms with E-state index in [9.17, 15) is 9.59 Å². The zero-order chi connectivity index (χ0) is 17.5. The van der Waals surface area contributed by atoms with Gasteiger partial charge in [0, 0.05) is 24.7 Å². The van der Waals surface area contributed by atoms with E-state index in [4.69, 9.17) is 0 Å². The lowest BCUT2D eigenvalue weighted by Gasteiger charge is -2.24. The molecule has 25 heavy (non-hydrogen) atoms. The van der Waals surface area contributed by atoms with Crippen molar-refractivity contribution < 1.29 is 9.59 Å². The lowest BCUT2D eigenvalue weighted by molar-refractivity contribution is -0.122. The monoisotopic (exact) mass is 341 g/mol. The second-order valence-corrected chi connectivity index (χ2v) is 7.03. The van der Waals surface area contributed by atoms with Gasteiger partial charge in [0.15, 0.2) is 0 Å². The van der Waals surface area contributed by atoms with E-state index in [1.807, 2.05) is 24.3 Å². The van der Waals surface area contributed by atoms with Crippen molar-refractivity contribution >= 4 is 17.6 Å². The van der Waals surface area contributed by atoms with Crippen LogP contribution in [-0.2, 0) is 11.3 Å². The van der Waals surface area contributed by atoms with Gasteiger partial charge in [0.1, 0.15) is 0 Å². The van der Waals surface area contributed by atoms with Crippen LogP contribution in [0.3, 0.4) is 0 Å². The molecule has 3 amide bonds. The number of carbonyl (C=O) groups is 2. The van der Waals surface area contributed by atoms with Gasteiger partial charge in [-0.2, -0.15) is 0 Å². The third kappa shape index (κ3) is 5.34. The van der Waals surface area contributed by atoms with Crippen molar-refractivity contribution in [2.24, 2.45) is 11.8 Å². The maximum atomic E-state index is 12.0. The van der Waals surface area contributed by atoms with Gasteiger partial charge in [-0.05, 0) is 55.7 Å². The van der Waals surface area contributed by atoms with Crippen LogP contribution in [-0.4, -0.2) is 18.5 Å². The molecule has 1 saturated carbocycles. The molecule has 0 spiro atoms. The third-order valence-electron chi connectivity index (χ3n) is 5.05. The molecule has 5 nitrogen and oxygen atoms in total. The first-order valence-corrected chi connectivity index (χ1v) is 9.27. The van der Waals surface area contributed by atoms with Crippen LogP contribution in [0.1, 0.15) is 44.1 Å². The fourth-order valence-electron chi connectivity index (χ4n) is 3.20. The van der Waals surface area contributed by atoms with Crippen molar-refractivity contribution in [3.8, 4) is 0 Å². The Morgan fingerprint density at radius 2 is 1.96 bits per heavy atom. The van der Waals surface area contributed by atoms with Gasteiger partial charge < -0.3 is 16.0 Å². The molecule has 0 unspecified atom stereocenters. The van der Waals surface area contributed by atoms with Crippen LogP contribution in [0, 0.1) is 11.8 Å². The van der Waals surface area contributed by atoms with Gasteiger partial charge >= 0.3 is 6.03 Å². The van der Waals surface area contributed by atoms with Gasteiger partial charge in [-0.25, -0.2) is 4.79 Å². The van der Waals surface area contributed by atoms with Crippen molar-refractivity contribution in [1.82, 2.24) is 10.6 Å². The average Bonchev–Trinajstić information content (AvgIpc) is 2.58. The maximum absolute atomic E-state index is 12.0. The molecule has 3 rings (SSSR count). The summed E-state index contributed by atoms with van der Waals surface area (Å²) in [6, 6.07) is 7.52. The lowest BCUT2D eigenvalue weighted by Crippen LogP contribution is -2.38. The Labute approximate surface area is 149 Å². The number of urea groups is 1. The van der Waals surface area contributed by atoms with Crippen molar-refractivity contribution in [2.45, 2.75) is 45.1 Å². The fourth-order valence-corrected chi connectivity index (χ4v) is 3.20. The zero-order valence-electron chi connectivity index (χ0n) is 14.6. The van der Waals surface area contributed by atoms with E-state index in [1.165, 1.54) is 0 Å². The summed E-state index contributed by atoms with van der Waals surface area (Å²) in [5.74, 6) is 0.818. The Kier molecular flexibility index (Phi) is 6.09. The van der Waals surface area contributed by atoms with Gasteiger partial charge in [-0.1, -0.05) is 30.7 Å². The average molecular weight is 341 g/mol. The molecule has 0 aromatic heterocycles. The van der Waals surface area contributed by atoms with Crippen LogP contribution < -0.4 is 16.0 Å². The van der Waals surface area contributed by atoms with E-state index in [-0.39, 0.29) is 17.9 Å².